The summed E-state index contributed by atoms with van der Waals surface area (Å²) in [6.07, 6.45) is 0.834. The van der Waals surface area contributed by atoms with Crippen LogP contribution in [0.5, 0.6) is 5.75 Å². The topological polar surface area (TPSA) is 81.4 Å². The second kappa shape index (κ2) is 6.51. The first-order valence-corrected chi connectivity index (χ1v) is 8.07. The summed E-state index contributed by atoms with van der Waals surface area (Å²) in [5.41, 5.74) is 0.555. The summed E-state index contributed by atoms with van der Waals surface area (Å²) in [5.74, 6) is 1.17. The normalized spacial score (nSPS) is 10.9. The number of rotatable bonds is 5. The van der Waals surface area contributed by atoms with E-state index in [1.807, 2.05) is 6.92 Å². The Morgan fingerprint density at radius 3 is 3.00 bits per heavy atom. The average molecular weight is 352 g/mol. The highest BCUT2D eigenvalue weighted by molar-refractivity contribution is 7.16. The number of benzene rings is 1. The van der Waals surface area contributed by atoms with Gasteiger partial charge in [0, 0.05) is 17.9 Å². The molecule has 9 heteroatoms. The molecule has 0 atom stereocenters. The maximum absolute atomic E-state index is 12.1. The van der Waals surface area contributed by atoms with Crippen molar-refractivity contribution in [2.75, 3.05) is 12.4 Å². The van der Waals surface area contributed by atoms with Gasteiger partial charge in [0.1, 0.15) is 10.8 Å². The highest BCUT2D eigenvalue weighted by Crippen LogP contribution is 2.27. The summed E-state index contributed by atoms with van der Waals surface area (Å²) in [6.45, 7) is 1.83. The van der Waals surface area contributed by atoms with Crippen LogP contribution in [0.2, 0.25) is 5.02 Å². The van der Waals surface area contributed by atoms with Gasteiger partial charge in [0.15, 0.2) is 5.82 Å². The van der Waals surface area contributed by atoms with Gasteiger partial charge in [-0.3, -0.25) is 4.79 Å². The Labute approximate surface area is 141 Å². The summed E-state index contributed by atoms with van der Waals surface area (Å²) in [6, 6.07) is 5.08. The molecule has 1 amide bonds. The molecule has 3 rings (SSSR count). The number of hydrogen-bond acceptors (Lipinski definition) is 6. The van der Waals surface area contributed by atoms with E-state index in [4.69, 9.17) is 16.3 Å². The van der Waals surface area contributed by atoms with Crippen molar-refractivity contribution in [3.63, 3.8) is 0 Å². The third-order valence-electron chi connectivity index (χ3n) is 3.19. The van der Waals surface area contributed by atoms with Crippen molar-refractivity contribution >= 4 is 39.5 Å². The van der Waals surface area contributed by atoms with E-state index in [1.54, 1.807) is 29.8 Å². The molecule has 0 aliphatic heterocycles. The predicted octanol–water partition coefficient (Wildman–Crippen LogP) is 2.73. The van der Waals surface area contributed by atoms with Gasteiger partial charge in [-0.15, -0.1) is 10.2 Å². The summed E-state index contributed by atoms with van der Waals surface area (Å²) in [5, 5.41) is 16.5. The standard InChI is InChI=1S/C14H14ClN5O2S/c1-8-17-18-14-20(8)19-13(23-14)6-5-12(21)16-10-7-9(15)3-4-11(10)22-2/h3-4,7H,5-6H2,1-2H3,(H,16,21). The van der Waals surface area contributed by atoms with Crippen molar-refractivity contribution in [1.29, 1.82) is 0 Å². The first-order chi connectivity index (χ1) is 11.1. The van der Waals surface area contributed by atoms with E-state index in [0.29, 0.717) is 29.3 Å². The Balaban J connectivity index is 1.64. The molecule has 0 aliphatic rings. The Kier molecular flexibility index (Phi) is 4.44. The molecular weight excluding hydrogens is 338 g/mol. The quantitative estimate of drug-likeness (QED) is 0.764. The molecule has 23 heavy (non-hydrogen) atoms. The molecule has 0 spiro atoms. The van der Waals surface area contributed by atoms with Crippen LogP contribution in [0.4, 0.5) is 5.69 Å². The summed E-state index contributed by atoms with van der Waals surface area (Å²) < 4.78 is 6.88. The highest BCUT2D eigenvalue weighted by atomic mass is 35.5. The van der Waals surface area contributed by atoms with Crippen molar-refractivity contribution in [2.24, 2.45) is 0 Å². The number of fused-ring (bicyclic) bond motifs is 1. The molecule has 7 nitrogen and oxygen atoms in total. The van der Waals surface area contributed by atoms with Gasteiger partial charge in [-0.05, 0) is 25.1 Å². The zero-order valence-electron chi connectivity index (χ0n) is 12.5. The van der Waals surface area contributed by atoms with Crippen LogP contribution in [-0.2, 0) is 11.2 Å². The maximum Gasteiger partial charge on any atom is 0.234 e. The van der Waals surface area contributed by atoms with Crippen molar-refractivity contribution in [1.82, 2.24) is 19.8 Å². The molecule has 120 valence electrons. The van der Waals surface area contributed by atoms with Gasteiger partial charge < -0.3 is 10.1 Å². The summed E-state index contributed by atoms with van der Waals surface area (Å²) in [4.78, 5) is 12.8. The lowest BCUT2D eigenvalue weighted by atomic mass is 10.2. The minimum absolute atomic E-state index is 0.131. The molecular formula is C14H14ClN5O2S. The van der Waals surface area contributed by atoms with Crippen LogP contribution in [-0.4, -0.2) is 32.8 Å². The van der Waals surface area contributed by atoms with E-state index in [2.05, 4.69) is 20.6 Å². The van der Waals surface area contributed by atoms with E-state index >= 15 is 0 Å². The molecule has 0 saturated carbocycles. The molecule has 1 aromatic carbocycles. The second-order valence-electron chi connectivity index (χ2n) is 4.83. The van der Waals surface area contributed by atoms with Crippen LogP contribution in [0.3, 0.4) is 0 Å². The molecule has 1 N–H and O–H groups in total. The van der Waals surface area contributed by atoms with Gasteiger partial charge in [-0.2, -0.15) is 9.61 Å². The zero-order valence-corrected chi connectivity index (χ0v) is 14.1. The first kappa shape index (κ1) is 15.7. The van der Waals surface area contributed by atoms with Gasteiger partial charge in [0.2, 0.25) is 10.9 Å². The lowest BCUT2D eigenvalue weighted by molar-refractivity contribution is -0.116. The number of carbonyl (C=O) groups excluding carboxylic acids is 1. The number of nitrogens with zero attached hydrogens (tertiary/aromatic N) is 4. The smallest absolute Gasteiger partial charge is 0.234 e. The number of carbonyl (C=O) groups is 1. The van der Waals surface area contributed by atoms with Crippen molar-refractivity contribution < 1.29 is 9.53 Å². The monoisotopic (exact) mass is 351 g/mol. The number of hydrogen-bond donors (Lipinski definition) is 1. The Hall–Kier alpha value is -2.19. The van der Waals surface area contributed by atoms with E-state index in [1.165, 1.54) is 11.3 Å². The Morgan fingerprint density at radius 1 is 1.43 bits per heavy atom. The van der Waals surface area contributed by atoms with Crippen LogP contribution < -0.4 is 10.1 Å². The van der Waals surface area contributed by atoms with Crippen LogP contribution in [0.15, 0.2) is 18.2 Å². The molecule has 3 aromatic rings. The third kappa shape index (κ3) is 3.43. The van der Waals surface area contributed by atoms with Crippen LogP contribution >= 0.6 is 22.9 Å². The number of halogens is 1. The molecule has 2 heterocycles. The van der Waals surface area contributed by atoms with Crippen molar-refractivity contribution in [3.8, 4) is 5.75 Å². The van der Waals surface area contributed by atoms with Gasteiger partial charge in [-0.1, -0.05) is 22.9 Å². The molecule has 0 fully saturated rings. The van der Waals surface area contributed by atoms with Crippen molar-refractivity contribution in [3.05, 3.63) is 34.1 Å². The molecule has 0 bridgehead atoms. The Bertz CT molecular complexity index is 860. The SMILES string of the molecule is COc1ccc(Cl)cc1NC(=O)CCc1nn2c(C)nnc2s1. The fraction of sp³-hybridized carbons (Fsp3) is 0.286. The molecule has 2 aromatic heterocycles. The van der Waals surface area contributed by atoms with Gasteiger partial charge in [0.05, 0.1) is 12.8 Å². The van der Waals surface area contributed by atoms with Gasteiger partial charge in [-0.25, -0.2) is 0 Å². The van der Waals surface area contributed by atoms with Crippen LogP contribution in [0, 0.1) is 6.92 Å². The van der Waals surface area contributed by atoms with Crippen molar-refractivity contribution in [2.45, 2.75) is 19.8 Å². The average Bonchev–Trinajstić information content (AvgIpc) is 3.08. The first-order valence-electron chi connectivity index (χ1n) is 6.88. The fourth-order valence-corrected chi connectivity index (χ4v) is 3.12. The maximum atomic E-state index is 12.1. The second-order valence-corrected chi connectivity index (χ2v) is 6.31. The third-order valence-corrected chi connectivity index (χ3v) is 4.38. The van der Waals surface area contributed by atoms with E-state index in [-0.39, 0.29) is 5.91 Å². The highest BCUT2D eigenvalue weighted by Gasteiger charge is 2.12. The summed E-state index contributed by atoms with van der Waals surface area (Å²) in [7, 11) is 1.54. The lowest BCUT2D eigenvalue weighted by Crippen LogP contribution is -2.13. The van der Waals surface area contributed by atoms with E-state index < -0.39 is 0 Å². The molecule has 0 saturated heterocycles. The minimum Gasteiger partial charge on any atom is -0.495 e. The van der Waals surface area contributed by atoms with E-state index in [9.17, 15) is 4.79 Å². The molecule has 0 radical (unpaired) electrons. The molecule has 0 aliphatic carbocycles. The number of aryl methyl sites for hydroxylation is 2. The number of amides is 1. The van der Waals surface area contributed by atoms with Gasteiger partial charge >= 0.3 is 0 Å². The van der Waals surface area contributed by atoms with Crippen LogP contribution in [0.25, 0.3) is 4.96 Å². The lowest BCUT2D eigenvalue weighted by Gasteiger charge is -2.10. The number of anilines is 1. The summed E-state index contributed by atoms with van der Waals surface area (Å²) >= 11 is 7.38. The number of methoxy groups -OCH3 is 1. The largest absolute Gasteiger partial charge is 0.495 e. The zero-order chi connectivity index (χ0) is 16.4. The van der Waals surface area contributed by atoms with Crippen LogP contribution in [0.1, 0.15) is 17.3 Å². The number of ether oxygens (including phenoxy) is 1. The van der Waals surface area contributed by atoms with E-state index in [0.717, 1.165) is 15.8 Å². The number of nitrogens with one attached hydrogen (secondary N) is 1. The minimum atomic E-state index is -0.131. The Morgan fingerprint density at radius 2 is 2.26 bits per heavy atom. The van der Waals surface area contributed by atoms with Gasteiger partial charge in [0.25, 0.3) is 0 Å². The number of aromatic nitrogens is 4. The molecule has 0 unspecified atom stereocenters. The predicted molar refractivity (Wildman–Crippen MR) is 88.4 cm³/mol. The fourth-order valence-electron chi connectivity index (χ4n) is 2.07.